The first-order valence-corrected chi connectivity index (χ1v) is 11.1. The highest BCUT2D eigenvalue weighted by Gasteiger charge is 2.24. The number of para-hydroxylation sites is 1. The van der Waals surface area contributed by atoms with E-state index in [-0.39, 0.29) is 18.0 Å². The molecule has 1 amide bonds. The van der Waals surface area contributed by atoms with Crippen LogP contribution in [0.25, 0.3) is 10.9 Å². The summed E-state index contributed by atoms with van der Waals surface area (Å²) in [5.41, 5.74) is 1.33. The molecule has 0 unspecified atom stereocenters. The summed E-state index contributed by atoms with van der Waals surface area (Å²) >= 11 is 12.2. The maximum atomic E-state index is 12.6. The van der Waals surface area contributed by atoms with Crippen molar-refractivity contribution in [2.24, 2.45) is 0 Å². The van der Waals surface area contributed by atoms with Crippen molar-refractivity contribution in [3.8, 4) is 0 Å². The largest absolute Gasteiger partial charge is 0.362 e. The zero-order valence-corrected chi connectivity index (χ0v) is 19.0. The van der Waals surface area contributed by atoms with Gasteiger partial charge in [-0.1, -0.05) is 41.4 Å². The molecule has 2 N–H and O–H groups in total. The first-order valence-electron chi connectivity index (χ1n) is 10.4. The number of aromatic nitrogens is 2. The molecule has 2 aromatic carbocycles. The highest BCUT2D eigenvalue weighted by Crippen LogP contribution is 2.28. The Kier molecular flexibility index (Phi) is 6.49. The lowest BCUT2D eigenvalue weighted by molar-refractivity contribution is 0.0926. The van der Waals surface area contributed by atoms with E-state index in [0.29, 0.717) is 21.6 Å². The number of anilines is 2. The van der Waals surface area contributed by atoms with Gasteiger partial charge in [-0.15, -0.1) is 0 Å². The summed E-state index contributed by atoms with van der Waals surface area (Å²) in [5.74, 6) is 1.35. The van der Waals surface area contributed by atoms with Crippen molar-refractivity contribution in [3.63, 3.8) is 0 Å². The maximum absolute atomic E-state index is 12.6. The van der Waals surface area contributed by atoms with Gasteiger partial charge in [0.2, 0.25) is 5.95 Å². The quantitative estimate of drug-likeness (QED) is 0.553. The molecule has 162 valence electrons. The number of hydrogen-bond acceptors (Lipinski definition) is 5. The molecular weight excluding hydrogens is 433 g/mol. The summed E-state index contributed by atoms with van der Waals surface area (Å²) in [6.45, 7) is 0. The second-order valence-electron chi connectivity index (χ2n) is 8.05. The number of nitrogens with one attached hydrogen (secondary N) is 2. The molecule has 0 aliphatic heterocycles. The topological polar surface area (TPSA) is 70.2 Å². The molecule has 3 aromatic rings. The summed E-state index contributed by atoms with van der Waals surface area (Å²) in [6.07, 6.45) is 3.58. The fourth-order valence-electron chi connectivity index (χ4n) is 3.97. The van der Waals surface area contributed by atoms with Crippen LogP contribution in [0.3, 0.4) is 0 Å². The van der Waals surface area contributed by atoms with Crippen molar-refractivity contribution in [1.29, 1.82) is 0 Å². The fraction of sp³-hybridized carbons (Fsp3) is 0.348. The van der Waals surface area contributed by atoms with Crippen LogP contribution in [0.2, 0.25) is 10.0 Å². The van der Waals surface area contributed by atoms with E-state index in [1.54, 1.807) is 18.2 Å². The molecule has 6 nitrogen and oxygen atoms in total. The average Bonchev–Trinajstić information content (AvgIpc) is 2.76. The van der Waals surface area contributed by atoms with Crippen molar-refractivity contribution >= 4 is 51.8 Å². The van der Waals surface area contributed by atoms with Gasteiger partial charge in [0.05, 0.1) is 21.1 Å². The lowest BCUT2D eigenvalue weighted by atomic mass is 9.91. The van der Waals surface area contributed by atoms with E-state index in [4.69, 9.17) is 33.2 Å². The lowest BCUT2D eigenvalue weighted by Gasteiger charge is -2.30. The van der Waals surface area contributed by atoms with Gasteiger partial charge in [-0.2, -0.15) is 4.98 Å². The van der Waals surface area contributed by atoms with E-state index in [1.807, 2.05) is 43.3 Å². The van der Waals surface area contributed by atoms with Crippen molar-refractivity contribution in [2.45, 2.75) is 37.8 Å². The third-order valence-electron chi connectivity index (χ3n) is 5.60. The van der Waals surface area contributed by atoms with E-state index in [0.717, 1.165) is 42.4 Å². The molecule has 0 spiro atoms. The number of carbonyl (C=O) groups is 1. The molecule has 0 atom stereocenters. The maximum Gasteiger partial charge on any atom is 0.253 e. The van der Waals surface area contributed by atoms with Crippen molar-refractivity contribution in [1.82, 2.24) is 15.3 Å². The van der Waals surface area contributed by atoms with Crippen molar-refractivity contribution < 1.29 is 4.79 Å². The third-order valence-corrected chi connectivity index (χ3v) is 6.42. The molecule has 0 bridgehead atoms. The van der Waals surface area contributed by atoms with E-state index in [2.05, 4.69) is 10.6 Å². The Morgan fingerprint density at radius 2 is 1.68 bits per heavy atom. The van der Waals surface area contributed by atoms with E-state index in [9.17, 15) is 4.79 Å². The summed E-state index contributed by atoms with van der Waals surface area (Å²) in [6, 6.07) is 13.5. The standard InChI is InChI=1S/C23H25Cl2N5O/c1-30(2)21-16-6-3-4-9-19(16)28-23(29-21)27-15-12-10-14(11-13-15)26-22(31)17-7-5-8-18(24)20(17)25/h3-9,14-15H,10-13H2,1-2H3,(H,26,31)(H,27,28,29). The van der Waals surface area contributed by atoms with Gasteiger partial charge in [-0.05, 0) is 49.9 Å². The first kappa shape index (κ1) is 21.7. The molecule has 1 aromatic heterocycles. The Labute approximate surface area is 192 Å². The summed E-state index contributed by atoms with van der Waals surface area (Å²) < 4.78 is 0. The Morgan fingerprint density at radius 3 is 2.42 bits per heavy atom. The minimum Gasteiger partial charge on any atom is -0.362 e. The van der Waals surface area contributed by atoms with E-state index >= 15 is 0 Å². The highest BCUT2D eigenvalue weighted by molar-refractivity contribution is 6.43. The normalized spacial score (nSPS) is 18.6. The summed E-state index contributed by atoms with van der Waals surface area (Å²) in [7, 11) is 3.97. The molecule has 0 saturated heterocycles. The third kappa shape index (κ3) is 4.86. The summed E-state index contributed by atoms with van der Waals surface area (Å²) in [4.78, 5) is 24.0. The Balaban J connectivity index is 1.38. The Morgan fingerprint density at radius 1 is 0.968 bits per heavy atom. The van der Waals surface area contributed by atoms with Crippen LogP contribution in [-0.2, 0) is 0 Å². The van der Waals surface area contributed by atoms with E-state index < -0.39 is 0 Å². The van der Waals surface area contributed by atoms with Gasteiger partial charge >= 0.3 is 0 Å². The van der Waals surface area contributed by atoms with Crippen LogP contribution in [0.5, 0.6) is 0 Å². The minimum atomic E-state index is -0.183. The number of halogens is 2. The van der Waals surface area contributed by atoms with Crippen LogP contribution in [0, 0.1) is 0 Å². The van der Waals surface area contributed by atoms with Gasteiger partial charge in [0.1, 0.15) is 5.82 Å². The number of carbonyl (C=O) groups excluding carboxylic acids is 1. The highest BCUT2D eigenvalue weighted by atomic mass is 35.5. The summed E-state index contributed by atoms with van der Waals surface area (Å²) in [5, 5.41) is 8.29. The average molecular weight is 458 g/mol. The molecule has 0 radical (unpaired) electrons. The monoisotopic (exact) mass is 457 g/mol. The Bertz CT molecular complexity index is 1100. The zero-order valence-electron chi connectivity index (χ0n) is 17.5. The molecule has 1 aliphatic rings. The molecule has 1 aliphatic carbocycles. The van der Waals surface area contributed by atoms with Crippen molar-refractivity contribution in [2.75, 3.05) is 24.3 Å². The van der Waals surface area contributed by atoms with Gasteiger partial charge in [0, 0.05) is 31.6 Å². The molecule has 1 saturated carbocycles. The van der Waals surface area contributed by atoms with Crippen LogP contribution in [0.4, 0.5) is 11.8 Å². The molecular formula is C23H25Cl2N5O. The second-order valence-corrected chi connectivity index (χ2v) is 8.84. The second kappa shape index (κ2) is 9.28. The van der Waals surface area contributed by atoms with Crippen LogP contribution >= 0.6 is 23.2 Å². The van der Waals surface area contributed by atoms with Gasteiger partial charge in [-0.3, -0.25) is 4.79 Å². The molecule has 1 fully saturated rings. The SMILES string of the molecule is CN(C)c1nc(NC2CCC(NC(=O)c3cccc(Cl)c3Cl)CC2)nc2ccccc12. The smallest absolute Gasteiger partial charge is 0.253 e. The van der Waals surface area contributed by atoms with E-state index in [1.165, 1.54) is 0 Å². The first-order chi connectivity index (χ1) is 14.9. The number of nitrogens with zero attached hydrogens (tertiary/aromatic N) is 3. The molecule has 8 heteroatoms. The molecule has 4 rings (SSSR count). The number of benzene rings is 2. The predicted octanol–water partition coefficient (Wildman–Crippen LogP) is 5.16. The van der Waals surface area contributed by atoms with Crippen LogP contribution in [0.15, 0.2) is 42.5 Å². The lowest BCUT2D eigenvalue weighted by Crippen LogP contribution is -2.40. The number of fused-ring (bicyclic) bond motifs is 1. The van der Waals surface area contributed by atoms with Crippen LogP contribution in [0.1, 0.15) is 36.0 Å². The number of rotatable bonds is 5. The van der Waals surface area contributed by atoms with Crippen LogP contribution in [-0.4, -0.2) is 42.1 Å². The van der Waals surface area contributed by atoms with Gasteiger partial charge in [0.15, 0.2) is 0 Å². The molecule has 1 heterocycles. The Hall–Kier alpha value is -2.57. The van der Waals surface area contributed by atoms with Gasteiger partial charge < -0.3 is 15.5 Å². The minimum absolute atomic E-state index is 0.107. The van der Waals surface area contributed by atoms with Gasteiger partial charge in [-0.25, -0.2) is 4.98 Å². The van der Waals surface area contributed by atoms with Gasteiger partial charge in [0.25, 0.3) is 5.91 Å². The predicted molar refractivity (Wildman–Crippen MR) is 127 cm³/mol. The van der Waals surface area contributed by atoms with Crippen molar-refractivity contribution in [3.05, 3.63) is 58.1 Å². The number of hydrogen-bond donors (Lipinski definition) is 2. The molecule has 31 heavy (non-hydrogen) atoms. The fourth-order valence-corrected chi connectivity index (χ4v) is 4.36. The zero-order chi connectivity index (χ0) is 22.0. The number of amides is 1. The van der Waals surface area contributed by atoms with Crippen LogP contribution < -0.4 is 15.5 Å².